The molecule has 1 unspecified atom stereocenters. The van der Waals surface area contributed by atoms with Gasteiger partial charge in [-0.05, 0) is 43.5 Å². The second kappa shape index (κ2) is 7.18. The van der Waals surface area contributed by atoms with E-state index in [4.69, 9.17) is 14.6 Å². The molecule has 0 spiro atoms. The lowest BCUT2D eigenvalue weighted by molar-refractivity contribution is 0.0677. The minimum absolute atomic E-state index is 0.106. The van der Waals surface area contributed by atoms with Crippen LogP contribution >= 0.6 is 0 Å². The smallest absolute Gasteiger partial charge is 0.122 e. The molecule has 1 fully saturated rings. The van der Waals surface area contributed by atoms with Crippen molar-refractivity contribution in [1.82, 2.24) is 0 Å². The van der Waals surface area contributed by atoms with E-state index in [1.165, 1.54) is 0 Å². The summed E-state index contributed by atoms with van der Waals surface area (Å²) in [6.45, 7) is 3.60. The normalized spacial score (nSPS) is 17.9. The molecule has 0 radical (unpaired) electrons. The Balaban J connectivity index is 1.93. The van der Waals surface area contributed by atoms with Crippen molar-refractivity contribution < 1.29 is 14.6 Å². The van der Waals surface area contributed by atoms with E-state index in [9.17, 15) is 0 Å². The van der Waals surface area contributed by atoms with Gasteiger partial charge in [-0.1, -0.05) is 11.8 Å². The Morgan fingerprint density at radius 2 is 2.37 bits per heavy atom. The van der Waals surface area contributed by atoms with Gasteiger partial charge in [0.1, 0.15) is 12.4 Å². The van der Waals surface area contributed by atoms with Crippen LogP contribution in [0.25, 0.3) is 0 Å². The van der Waals surface area contributed by atoms with Crippen molar-refractivity contribution >= 4 is 0 Å². The summed E-state index contributed by atoms with van der Waals surface area (Å²) in [6, 6.07) is 5.91. The van der Waals surface area contributed by atoms with Crippen LogP contribution in [0.1, 0.15) is 30.4 Å². The maximum atomic E-state index is 8.68. The lowest BCUT2D eigenvalue weighted by Crippen LogP contribution is -2.16. The number of rotatable bonds is 4. The fraction of sp³-hybridized carbons (Fsp3) is 0.500. The lowest BCUT2D eigenvalue weighted by Gasteiger charge is -2.13. The summed E-state index contributed by atoms with van der Waals surface area (Å²) in [5.74, 6) is 6.83. The molecule has 0 aliphatic carbocycles. The zero-order valence-corrected chi connectivity index (χ0v) is 11.3. The maximum Gasteiger partial charge on any atom is 0.122 e. The van der Waals surface area contributed by atoms with E-state index in [-0.39, 0.29) is 12.7 Å². The molecule has 2 rings (SSSR count). The topological polar surface area (TPSA) is 38.7 Å². The van der Waals surface area contributed by atoms with Crippen molar-refractivity contribution in [3.05, 3.63) is 29.3 Å². The van der Waals surface area contributed by atoms with Crippen LogP contribution in [-0.4, -0.2) is 31.0 Å². The molecule has 3 nitrogen and oxygen atoms in total. The highest BCUT2D eigenvalue weighted by Crippen LogP contribution is 2.20. The molecule has 1 aromatic carbocycles. The van der Waals surface area contributed by atoms with Crippen LogP contribution in [0.4, 0.5) is 0 Å². The third-order valence-electron chi connectivity index (χ3n) is 3.09. The highest BCUT2D eigenvalue weighted by molar-refractivity contribution is 5.43. The minimum Gasteiger partial charge on any atom is -0.491 e. The second-order valence-electron chi connectivity index (χ2n) is 4.70. The number of aliphatic hydroxyl groups is 1. The van der Waals surface area contributed by atoms with Crippen LogP contribution in [-0.2, 0) is 4.74 Å². The Morgan fingerprint density at radius 1 is 1.47 bits per heavy atom. The van der Waals surface area contributed by atoms with Gasteiger partial charge in [0.05, 0.1) is 12.7 Å². The molecule has 1 aliphatic heterocycles. The summed E-state index contributed by atoms with van der Waals surface area (Å²) in [5, 5.41) is 8.68. The quantitative estimate of drug-likeness (QED) is 0.844. The molecule has 0 bridgehead atoms. The molecule has 1 aromatic rings. The molecule has 0 aromatic heterocycles. The van der Waals surface area contributed by atoms with Gasteiger partial charge in [0, 0.05) is 18.6 Å². The number of benzene rings is 1. The van der Waals surface area contributed by atoms with Crippen molar-refractivity contribution in [2.24, 2.45) is 0 Å². The van der Waals surface area contributed by atoms with Crippen molar-refractivity contribution in [2.45, 2.75) is 32.3 Å². The highest BCUT2D eigenvalue weighted by atomic mass is 16.5. The Kier molecular flexibility index (Phi) is 5.26. The van der Waals surface area contributed by atoms with Crippen molar-refractivity contribution in [3.63, 3.8) is 0 Å². The van der Waals surface area contributed by atoms with Crippen LogP contribution in [0.5, 0.6) is 5.75 Å². The summed E-state index contributed by atoms with van der Waals surface area (Å²) in [6.07, 6.45) is 2.97. The lowest BCUT2D eigenvalue weighted by atomic mass is 10.1. The molecule has 1 atom stereocenters. The molecule has 19 heavy (non-hydrogen) atoms. The minimum atomic E-state index is 0.106. The molecule has 1 heterocycles. The van der Waals surface area contributed by atoms with E-state index < -0.39 is 0 Å². The number of ether oxygens (including phenoxy) is 2. The van der Waals surface area contributed by atoms with Crippen LogP contribution < -0.4 is 4.74 Å². The third kappa shape index (κ3) is 4.27. The Morgan fingerprint density at radius 3 is 3.05 bits per heavy atom. The summed E-state index contributed by atoms with van der Waals surface area (Å²) in [7, 11) is 0. The summed E-state index contributed by atoms with van der Waals surface area (Å²) in [5.41, 5.74) is 2.03. The molecule has 102 valence electrons. The second-order valence-corrected chi connectivity index (χ2v) is 4.70. The van der Waals surface area contributed by atoms with Gasteiger partial charge in [-0.2, -0.15) is 0 Å². The van der Waals surface area contributed by atoms with E-state index in [1.807, 2.05) is 25.1 Å². The first kappa shape index (κ1) is 13.9. The standard InChI is InChI=1S/C16H20O3/c1-13-11-14(5-2-3-9-17)7-8-16(13)19-12-15-6-4-10-18-15/h7-8,11,15,17H,3-4,6,9-10,12H2,1H3. The number of hydrogen-bond acceptors (Lipinski definition) is 3. The van der Waals surface area contributed by atoms with Gasteiger partial charge < -0.3 is 14.6 Å². The number of aryl methyl sites for hydroxylation is 1. The van der Waals surface area contributed by atoms with Gasteiger partial charge in [-0.25, -0.2) is 0 Å². The van der Waals surface area contributed by atoms with Crippen LogP contribution in [0, 0.1) is 18.8 Å². The van der Waals surface area contributed by atoms with Gasteiger partial charge in [0.25, 0.3) is 0 Å². The average molecular weight is 260 g/mol. The van der Waals surface area contributed by atoms with Crippen LogP contribution in [0.2, 0.25) is 0 Å². The van der Waals surface area contributed by atoms with Gasteiger partial charge in [0.15, 0.2) is 0 Å². The van der Waals surface area contributed by atoms with Gasteiger partial charge >= 0.3 is 0 Å². The first-order chi connectivity index (χ1) is 9.29. The molecule has 0 amide bonds. The van der Waals surface area contributed by atoms with Gasteiger partial charge in [0.2, 0.25) is 0 Å². The van der Waals surface area contributed by atoms with Gasteiger partial charge in [-0.15, -0.1) is 0 Å². The zero-order chi connectivity index (χ0) is 13.5. The van der Waals surface area contributed by atoms with Crippen LogP contribution in [0.15, 0.2) is 18.2 Å². The number of aliphatic hydroxyl groups excluding tert-OH is 1. The molecular weight excluding hydrogens is 240 g/mol. The SMILES string of the molecule is Cc1cc(C#CCCO)ccc1OCC1CCCO1. The predicted octanol–water partition coefficient (Wildman–Crippen LogP) is 2.29. The highest BCUT2D eigenvalue weighted by Gasteiger charge is 2.16. The van der Waals surface area contributed by atoms with Gasteiger partial charge in [-0.3, -0.25) is 0 Å². The average Bonchev–Trinajstić information content (AvgIpc) is 2.91. The largest absolute Gasteiger partial charge is 0.491 e. The van der Waals surface area contributed by atoms with Crippen molar-refractivity contribution in [1.29, 1.82) is 0 Å². The molecule has 1 saturated heterocycles. The van der Waals surface area contributed by atoms with Crippen LogP contribution in [0.3, 0.4) is 0 Å². The summed E-state index contributed by atoms with van der Waals surface area (Å²) in [4.78, 5) is 0. The first-order valence-corrected chi connectivity index (χ1v) is 6.74. The Bertz CT molecular complexity index is 465. The molecular formula is C16H20O3. The third-order valence-corrected chi connectivity index (χ3v) is 3.09. The zero-order valence-electron chi connectivity index (χ0n) is 11.3. The molecule has 1 N–H and O–H groups in total. The van der Waals surface area contributed by atoms with Crippen molar-refractivity contribution in [3.8, 4) is 17.6 Å². The Hall–Kier alpha value is -1.50. The van der Waals surface area contributed by atoms with E-state index in [0.29, 0.717) is 13.0 Å². The monoisotopic (exact) mass is 260 g/mol. The summed E-state index contributed by atoms with van der Waals surface area (Å²) >= 11 is 0. The number of hydrogen-bond donors (Lipinski definition) is 1. The fourth-order valence-corrected chi connectivity index (χ4v) is 2.07. The van der Waals surface area contributed by atoms with E-state index >= 15 is 0 Å². The summed E-state index contributed by atoms with van der Waals surface area (Å²) < 4.78 is 11.3. The Labute approximate surface area is 114 Å². The van der Waals surface area contributed by atoms with E-state index in [1.54, 1.807) is 0 Å². The first-order valence-electron chi connectivity index (χ1n) is 6.74. The van der Waals surface area contributed by atoms with E-state index in [0.717, 1.165) is 36.3 Å². The molecule has 0 saturated carbocycles. The maximum absolute atomic E-state index is 8.68. The predicted molar refractivity (Wildman–Crippen MR) is 74.2 cm³/mol. The van der Waals surface area contributed by atoms with Crippen molar-refractivity contribution in [2.75, 3.05) is 19.8 Å². The molecule has 1 aliphatic rings. The fourth-order valence-electron chi connectivity index (χ4n) is 2.07. The molecule has 3 heteroatoms. The van der Waals surface area contributed by atoms with E-state index in [2.05, 4.69) is 11.8 Å².